The average molecular weight is 296 g/mol. The SMILES string of the molecule is CC(=O)SCC(O)C(O)c1ccccc1/C=C/C(=O)O. The summed E-state index contributed by atoms with van der Waals surface area (Å²) in [5, 5.41) is 28.4. The second-order valence-corrected chi connectivity index (χ2v) is 5.31. The molecule has 20 heavy (non-hydrogen) atoms. The number of carbonyl (C=O) groups excluding carboxylic acids is 1. The first-order valence-electron chi connectivity index (χ1n) is 5.91. The van der Waals surface area contributed by atoms with Gasteiger partial charge < -0.3 is 15.3 Å². The summed E-state index contributed by atoms with van der Waals surface area (Å²) in [5.74, 6) is -1.02. The van der Waals surface area contributed by atoms with Crippen LogP contribution in [0.4, 0.5) is 0 Å². The molecule has 0 amide bonds. The van der Waals surface area contributed by atoms with Gasteiger partial charge in [0.15, 0.2) is 5.12 Å². The van der Waals surface area contributed by atoms with E-state index in [9.17, 15) is 19.8 Å². The average Bonchev–Trinajstić information content (AvgIpc) is 2.41. The largest absolute Gasteiger partial charge is 0.478 e. The number of aliphatic hydroxyl groups excluding tert-OH is 2. The van der Waals surface area contributed by atoms with Crippen molar-refractivity contribution in [1.82, 2.24) is 0 Å². The van der Waals surface area contributed by atoms with Gasteiger partial charge in [0.2, 0.25) is 0 Å². The summed E-state index contributed by atoms with van der Waals surface area (Å²) >= 11 is 0.925. The third-order valence-electron chi connectivity index (χ3n) is 2.54. The number of thioether (sulfide) groups is 1. The Balaban J connectivity index is 2.89. The summed E-state index contributed by atoms with van der Waals surface area (Å²) in [5.41, 5.74) is 0.927. The van der Waals surface area contributed by atoms with Crippen LogP contribution in [-0.2, 0) is 9.59 Å². The Hall–Kier alpha value is -1.63. The van der Waals surface area contributed by atoms with Crippen LogP contribution < -0.4 is 0 Å². The van der Waals surface area contributed by atoms with E-state index < -0.39 is 18.2 Å². The van der Waals surface area contributed by atoms with E-state index >= 15 is 0 Å². The number of carbonyl (C=O) groups is 2. The Morgan fingerprint density at radius 2 is 1.95 bits per heavy atom. The van der Waals surface area contributed by atoms with E-state index in [0.717, 1.165) is 17.8 Å². The molecule has 0 aliphatic heterocycles. The number of rotatable bonds is 6. The molecule has 0 saturated carbocycles. The summed E-state index contributed by atoms with van der Waals surface area (Å²) in [4.78, 5) is 21.4. The minimum absolute atomic E-state index is 0.0769. The van der Waals surface area contributed by atoms with Gasteiger partial charge in [-0.15, -0.1) is 0 Å². The molecule has 0 aliphatic rings. The topological polar surface area (TPSA) is 94.8 Å². The molecule has 0 spiro atoms. The Labute approximate surface area is 120 Å². The first kappa shape index (κ1) is 16.4. The van der Waals surface area contributed by atoms with Gasteiger partial charge in [0, 0.05) is 18.8 Å². The maximum absolute atomic E-state index is 10.8. The maximum Gasteiger partial charge on any atom is 0.328 e. The van der Waals surface area contributed by atoms with Crippen LogP contribution in [0.2, 0.25) is 0 Å². The fraction of sp³-hybridized carbons (Fsp3) is 0.286. The highest BCUT2D eigenvalue weighted by Gasteiger charge is 2.20. The number of carboxylic acids is 1. The van der Waals surface area contributed by atoms with E-state index in [4.69, 9.17) is 5.11 Å². The zero-order valence-electron chi connectivity index (χ0n) is 10.9. The number of hydrogen-bond acceptors (Lipinski definition) is 5. The Bertz CT molecular complexity index is 512. The van der Waals surface area contributed by atoms with Crippen LogP contribution in [0.25, 0.3) is 6.08 Å². The molecule has 108 valence electrons. The van der Waals surface area contributed by atoms with Crippen molar-refractivity contribution >= 4 is 28.9 Å². The number of aliphatic carboxylic acids is 1. The monoisotopic (exact) mass is 296 g/mol. The second-order valence-electron chi connectivity index (χ2n) is 4.12. The molecular weight excluding hydrogens is 280 g/mol. The normalized spacial score (nSPS) is 14.2. The number of hydrogen-bond donors (Lipinski definition) is 3. The lowest BCUT2D eigenvalue weighted by Gasteiger charge is -2.19. The molecular formula is C14H16O5S. The van der Waals surface area contributed by atoms with Gasteiger partial charge in [-0.1, -0.05) is 36.0 Å². The van der Waals surface area contributed by atoms with Gasteiger partial charge >= 0.3 is 5.97 Å². The molecule has 2 atom stereocenters. The van der Waals surface area contributed by atoms with E-state index in [1.54, 1.807) is 24.3 Å². The fourth-order valence-corrected chi connectivity index (χ4v) is 2.18. The lowest BCUT2D eigenvalue weighted by molar-refractivity contribution is -0.131. The summed E-state index contributed by atoms with van der Waals surface area (Å²) in [6.07, 6.45) is 0.0216. The summed E-state index contributed by atoms with van der Waals surface area (Å²) < 4.78 is 0. The Morgan fingerprint density at radius 3 is 2.55 bits per heavy atom. The predicted molar refractivity (Wildman–Crippen MR) is 77.2 cm³/mol. The van der Waals surface area contributed by atoms with Crippen LogP contribution in [-0.4, -0.2) is 38.3 Å². The van der Waals surface area contributed by atoms with Gasteiger partial charge in [0.1, 0.15) is 6.10 Å². The molecule has 0 aliphatic carbocycles. The first-order valence-corrected chi connectivity index (χ1v) is 6.89. The van der Waals surface area contributed by atoms with Crippen molar-refractivity contribution in [2.24, 2.45) is 0 Å². The Kier molecular flexibility index (Phi) is 6.44. The molecule has 1 aromatic rings. The number of aliphatic hydroxyl groups is 2. The molecule has 0 radical (unpaired) electrons. The highest BCUT2D eigenvalue weighted by atomic mass is 32.2. The fourth-order valence-electron chi connectivity index (χ4n) is 1.59. The van der Waals surface area contributed by atoms with E-state index in [1.165, 1.54) is 13.0 Å². The third kappa shape index (κ3) is 5.16. The summed E-state index contributed by atoms with van der Waals surface area (Å²) in [6, 6.07) is 6.63. The molecule has 3 N–H and O–H groups in total. The first-order chi connectivity index (χ1) is 9.41. The second kappa shape index (κ2) is 7.84. The molecule has 0 fully saturated rings. The highest BCUT2D eigenvalue weighted by molar-refractivity contribution is 8.13. The van der Waals surface area contributed by atoms with E-state index in [2.05, 4.69) is 0 Å². The van der Waals surface area contributed by atoms with Crippen LogP contribution in [0.3, 0.4) is 0 Å². The van der Waals surface area contributed by atoms with Crippen molar-refractivity contribution in [1.29, 1.82) is 0 Å². The molecule has 0 aromatic heterocycles. The van der Waals surface area contributed by atoms with Crippen molar-refractivity contribution < 1.29 is 24.9 Å². The van der Waals surface area contributed by atoms with Gasteiger partial charge in [-0.25, -0.2) is 4.79 Å². The molecule has 2 unspecified atom stereocenters. The van der Waals surface area contributed by atoms with E-state index in [1.807, 2.05) is 0 Å². The highest BCUT2D eigenvalue weighted by Crippen LogP contribution is 2.24. The number of carboxylic acid groups (broad SMARTS) is 1. The zero-order chi connectivity index (χ0) is 15.1. The molecule has 6 heteroatoms. The molecule has 0 saturated heterocycles. The van der Waals surface area contributed by atoms with Crippen LogP contribution in [0.15, 0.2) is 30.3 Å². The number of benzene rings is 1. The molecule has 0 heterocycles. The summed E-state index contributed by atoms with van der Waals surface area (Å²) in [7, 11) is 0. The van der Waals surface area contributed by atoms with Crippen LogP contribution in [0, 0.1) is 0 Å². The van der Waals surface area contributed by atoms with Crippen molar-refractivity contribution in [2.75, 3.05) is 5.75 Å². The van der Waals surface area contributed by atoms with Crippen LogP contribution >= 0.6 is 11.8 Å². The quantitative estimate of drug-likeness (QED) is 0.688. The van der Waals surface area contributed by atoms with Crippen molar-refractivity contribution in [2.45, 2.75) is 19.1 Å². The Morgan fingerprint density at radius 1 is 1.30 bits per heavy atom. The van der Waals surface area contributed by atoms with Gasteiger partial charge in [0.05, 0.1) is 6.10 Å². The standard InChI is InChI=1S/C14H16O5S/c1-9(15)20-8-12(16)14(19)11-5-3-2-4-10(11)6-7-13(17)18/h2-7,12,14,16,19H,8H2,1H3,(H,17,18)/b7-6+. The lowest BCUT2D eigenvalue weighted by atomic mass is 9.99. The molecule has 5 nitrogen and oxygen atoms in total. The molecule has 1 rings (SSSR count). The lowest BCUT2D eigenvalue weighted by Crippen LogP contribution is -2.22. The van der Waals surface area contributed by atoms with E-state index in [0.29, 0.717) is 11.1 Å². The zero-order valence-corrected chi connectivity index (χ0v) is 11.7. The summed E-state index contributed by atoms with van der Waals surface area (Å²) in [6.45, 7) is 1.38. The van der Waals surface area contributed by atoms with Gasteiger partial charge in [0.25, 0.3) is 0 Å². The van der Waals surface area contributed by atoms with Gasteiger partial charge in [-0.2, -0.15) is 0 Å². The smallest absolute Gasteiger partial charge is 0.328 e. The van der Waals surface area contributed by atoms with Crippen LogP contribution in [0.5, 0.6) is 0 Å². The van der Waals surface area contributed by atoms with Gasteiger partial charge in [-0.3, -0.25) is 4.79 Å². The minimum Gasteiger partial charge on any atom is -0.478 e. The van der Waals surface area contributed by atoms with E-state index in [-0.39, 0.29) is 10.9 Å². The third-order valence-corrected chi connectivity index (χ3v) is 3.46. The molecule has 0 bridgehead atoms. The van der Waals surface area contributed by atoms with Gasteiger partial charge in [-0.05, 0) is 17.2 Å². The van der Waals surface area contributed by atoms with Crippen molar-refractivity contribution in [3.63, 3.8) is 0 Å². The van der Waals surface area contributed by atoms with Crippen molar-refractivity contribution in [3.05, 3.63) is 41.5 Å². The van der Waals surface area contributed by atoms with Crippen molar-refractivity contribution in [3.8, 4) is 0 Å². The maximum atomic E-state index is 10.8. The predicted octanol–water partition coefficient (Wildman–Crippen LogP) is 1.46. The minimum atomic E-state index is -1.18. The van der Waals surface area contributed by atoms with Crippen LogP contribution in [0.1, 0.15) is 24.2 Å². The molecule has 1 aromatic carbocycles.